The van der Waals surface area contributed by atoms with E-state index in [1.54, 1.807) is 0 Å². The molecule has 0 aliphatic rings. The number of rotatable bonds is 9. The number of unbranched alkanes of at least 4 members (excludes halogenated alkanes) is 1. The first-order valence-electron chi connectivity index (χ1n) is 10.9. The molecule has 3 rings (SSSR count). The quantitative estimate of drug-likeness (QED) is 0.158. The predicted molar refractivity (Wildman–Crippen MR) is 135 cm³/mol. The number of hydrogen-bond donors (Lipinski definition) is 3. The van der Waals surface area contributed by atoms with Crippen molar-refractivity contribution in [1.29, 1.82) is 0 Å². The highest BCUT2D eigenvalue weighted by molar-refractivity contribution is 7.89. The van der Waals surface area contributed by atoms with Gasteiger partial charge in [0.1, 0.15) is 0 Å². The number of nitrogens with one attached hydrogen (secondary N) is 3. The molecule has 3 aromatic rings. The number of hydrogen-bond acceptors (Lipinski definition) is 4. The summed E-state index contributed by atoms with van der Waals surface area (Å²) >= 11 is 11.7. The predicted octanol–water partition coefficient (Wildman–Crippen LogP) is 6.13. The Bertz CT molecular complexity index is 1520. The van der Waals surface area contributed by atoms with Crippen LogP contribution in [0.5, 0.6) is 0 Å². The Hall–Kier alpha value is -3.19. The van der Waals surface area contributed by atoms with Gasteiger partial charge in [-0.3, -0.25) is 9.59 Å². The van der Waals surface area contributed by atoms with Crippen LogP contribution in [-0.2, 0) is 10.0 Å². The second-order valence-corrected chi connectivity index (χ2v) is 10.4. The summed E-state index contributed by atoms with van der Waals surface area (Å²) < 4.78 is 82.1. The van der Waals surface area contributed by atoms with E-state index in [0.29, 0.717) is 30.7 Å². The van der Waals surface area contributed by atoms with Gasteiger partial charge in [0.25, 0.3) is 11.8 Å². The van der Waals surface area contributed by atoms with Gasteiger partial charge >= 0.3 is 0 Å². The highest BCUT2D eigenvalue weighted by Crippen LogP contribution is 2.29. The molecule has 0 spiro atoms. The van der Waals surface area contributed by atoms with E-state index in [-0.39, 0.29) is 22.8 Å². The van der Waals surface area contributed by atoms with Gasteiger partial charge in [0, 0.05) is 6.54 Å². The van der Waals surface area contributed by atoms with E-state index in [4.69, 9.17) is 23.2 Å². The first kappa shape index (κ1) is 29.4. The molecule has 3 N–H and O–H groups in total. The maximum absolute atomic E-state index is 13.7. The first-order valence-corrected chi connectivity index (χ1v) is 13.1. The van der Waals surface area contributed by atoms with Crippen LogP contribution >= 0.6 is 23.2 Å². The fraction of sp³-hybridized carbons (Fsp3) is 0.167. The molecule has 14 heteroatoms. The minimum atomic E-state index is -4.05. The third-order valence-electron chi connectivity index (χ3n) is 5.13. The molecule has 0 radical (unpaired) electrons. The molecule has 0 fully saturated rings. The third-order valence-corrected chi connectivity index (χ3v) is 7.21. The Morgan fingerprint density at radius 3 is 1.74 bits per heavy atom. The molecule has 0 saturated carbocycles. The molecule has 2 amide bonds. The van der Waals surface area contributed by atoms with Crippen molar-refractivity contribution in [3.05, 3.63) is 86.9 Å². The smallest absolute Gasteiger partial charge is 0.257 e. The number of anilines is 2. The molecule has 0 aliphatic heterocycles. The lowest BCUT2D eigenvalue weighted by Crippen LogP contribution is -2.25. The van der Waals surface area contributed by atoms with Crippen LogP contribution in [0, 0.1) is 23.3 Å². The van der Waals surface area contributed by atoms with Crippen LogP contribution in [0.1, 0.15) is 40.5 Å². The van der Waals surface area contributed by atoms with Gasteiger partial charge in [-0.1, -0.05) is 36.5 Å². The maximum Gasteiger partial charge on any atom is 0.257 e. The molecular formula is C24H19Cl2F4N3O4S. The Kier molecular flexibility index (Phi) is 9.36. The molecule has 7 nitrogen and oxygen atoms in total. The zero-order valence-electron chi connectivity index (χ0n) is 19.5. The van der Waals surface area contributed by atoms with Crippen LogP contribution in [0.15, 0.2) is 47.4 Å². The Labute approximate surface area is 225 Å². The van der Waals surface area contributed by atoms with Crippen molar-refractivity contribution < 1.29 is 35.6 Å². The number of halogens is 6. The average molecular weight is 592 g/mol. The molecule has 3 aromatic carbocycles. The summed E-state index contributed by atoms with van der Waals surface area (Å²) in [6, 6.07) is 5.53. The van der Waals surface area contributed by atoms with E-state index >= 15 is 0 Å². The van der Waals surface area contributed by atoms with Gasteiger partial charge in [0.2, 0.25) is 10.0 Å². The molecular weight excluding hydrogens is 573 g/mol. The minimum Gasteiger partial charge on any atom is -0.320 e. The number of benzene rings is 3. The second-order valence-electron chi connectivity index (χ2n) is 7.86. The van der Waals surface area contributed by atoms with Gasteiger partial charge in [0.15, 0.2) is 23.3 Å². The Balaban J connectivity index is 2.02. The van der Waals surface area contributed by atoms with Crippen LogP contribution < -0.4 is 15.4 Å². The summed E-state index contributed by atoms with van der Waals surface area (Å²) in [5.74, 6) is -7.38. The normalized spacial score (nSPS) is 11.3. The lowest BCUT2D eigenvalue weighted by Gasteiger charge is -2.16. The molecule has 202 valence electrons. The third kappa shape index (κ3) is 6.81. The molecule has 0 atom stereocenters. The summed E-state index contributed by atoms with van der Waals surface area (Å²) in [7, 11) is -4.05. The standard InChI is InChI=1S/C24H19Cl2F4N3O4S/c1-2-3-6-31-38(36,37)12-4-5-21(32-23(34)13-8-17(27)19(29)10-15(13)25)22(7-12)33-24(35)14-9-18(28)20(30)11-16(14)26/h4-5,7-11,31H,2-3,6H2,1H3,(H,32,34)(H,33,35). The minimum absolute atomic E-state index is 0.137. The second kappa shape index (κ2) is 12.1. The number of sulfonamides is 1. The summed E-state index contributed by atoms with van der Waals surface area (Å²) in [6.07, 6.45) is 1.27. The monoisotopic (exact) mass is 591 g/mol. The summed E-state index contributed by atoms with van der Waals surface area (Å²) in [6.45, 7) is 2.00. The van der Waals surface area contributed by atoms with Crippen molar-refractivity contribution in [3.8, 4) is 0 Å². The fourth-order valence-corrected chi connectivity index (χ4v) is 4.71. The van der Waals surface area contributed by atoms with E-state index in [1.165, 1.54) is 0 Å². The van der Waals surface area contributed by atoms with Crippen LogP contribution in [0.4, 0.5) is 28.9 Å². The van der Waals surface area contributed by atoms with Crippen molar-refractivity contribution in [3.63, 3.8) is 0 Å². The van der Waals surface area contributed by atoms with E-state index in [0.717, 1.165) is 24.6 Å². The first-order chi connectivity index (χ1) is 17.8. The fourth-order valence-electron chi connectivity index (χ4n) is 3.14. The van der Waals surface area contributed by atoms with Crippen LogP contribution in [0.2, 0.25) is 10.0 Å². The number of amides is 2. The Morgan fingerprint density at radius 1 is 0.763 bits per heavy atom. The van der Waals surface area contributed by atoms with E-state index in [9.17, 15) is 35.6 Å². The highest BCUT2D eigenvalue weighted by atomic mass is 35.5. The van der Waals surface area contributed by atoms with Gasteiger partial charge in [-0.2, -0.15) is 0 Å². The van der Waals surface area contributed by atoms with Crippen LogP contribution in [0.3, 0.4) is 0 Å². The summed E-state index contributed by atoms with van der Waals surface area (Å²) in [5.41, 5.74) is -1.41. The zero-order chi connectivity index (χ0) is 28.2. The van der Waals surface area contributed by atoms with Crippen molar-refractivity contribution in [1.82, 2.24) is 4.72 Å². The SMILES string of the molecule is CCCCNS(=O)(=O)c1ccc(NC(=O)c2cc(F)c(F)cc2Cl)c(NC(=O)c2cc(F)c(F)cc2Cl)c1. The topological polar surface area (TPSA) is 104 Å². The average Bonchev–Trinajstić information content (AvgIpc) is 2.84. The molecule has 0 heterocycles. The summed E-state index contributed by atoms with van der Waals surface area (Å²) in [5, 5.41) is 3.77. The van der Waals surface area contributed by atoms with Crippen LogP contribution in [0.25, 0.3) is 0 Å². The van der Waals surface area contributed by atoms with E-state index in [2.05, 4.69) is 15.4 Å². The molecule has 38 heavy (non-hydrogen) atoms. The molecule has 0 bridgehead atoms. The van der Waals surface area contributed by atoms with Crippen molar-refractivity contribution in [2.24, 2.45) is 0 Å². The summed E-state index contributed by atoms with van der Waals surface area (Å²) in [4.78, 5) is 25.3. The molecule has 0 aliphatic carbocycles. The Morgan fingerprint density at radius 2 is 1.24 bits per heavy atom. The van der Waals surface area contributed by atoms with Crippen molar-refractivity contribution in [2.75, 3.05) is 17.2 Å². The lowest BCUT2D eigenvalue weighted by molar-refractivity contribution is 0.101. The molecule has 0 saturated heterocycles. The van der Waals surface area contributed by atoms with Gasteiger partial charge in [-0.05, 0) is 48.9 Å². The van der Waals surface area contributed by atoms with Crippen molar-refractivity contribution >= 4 is 56.4 Å². The molecule has 0 aromatic heterocycles. The van der Waals surface area contributed by atoms with Gasteiger partial charge in [0.05, 0.1) is 37.4 Å². The van der Waals surface area contributed by atoms with E-state index < -0.39 is 66.3 Å². The van der Waals surface area contributed by atoms with E-state index in [1.807, 2.05) is 6.92 Å². The lowest BCUT2D eigenvalue weighted by atomic mass is 10.1. The van der Waals surface area contributed by atoms with Gasteiger partial charge < -0.3 is 10.6 Å². The maximum atomic E-state index is 13.7. The van der Waals surface area contributed by atoms with Gasteiger partial charge in [-0.25, -0.2) is 30.7 Å². The van der Waals surface area contributed by atoms with Crippen molar-refractivity contribution in [2.45, 2.75) is 24.7 Å². The number of carbonyl (C=O) groups is 2. The van der Waals surface area contributed by atoms with Gasteiger partial charge in [-0.15, -0.1) is 0 Å². The largest absolute Gasteiger partial charge is 0.320 e. The highest BCUT2D eigenvalue weighted by Gasteiger charge is 2.22. The zero-order valence-corrected chi connectivity index (χ0v) is 21.8. The number of carbonyl (C=O) groups excluding carboxylic acids is 2. The molecule has 0 unspecified atom stereocenters. The van der Waals surface area contributed by atoms with Crippen LogP contribution in [-0.4, -0.2) is 26.8 Å².